The zero-order valence-electron chi connectivity index (χ0n) is 8.29. The number of aromatic nitrogens is 1. The summed E-state index contributed by atoms with van der Waals surface area (Å²) in [7, 11) is 0. The van der Waals surface area contributed by atoms with E-state index in [-0.39, 0.29) is 17.7 Å². The monoisotopic (exact) mass is 228 g/mol. The van der Waals surface area contributed by atoms with E-state index in [9.17, 15) is 10.1 Å². The highest BCUT2D eigenvalue weighted by molar-refractivity contribution is 7.99. The first-order valence-electron chi connectivity index (χ1n) is 4.51. The molecule has 1 unspecified atom stereocenters. The van der Waals surface area contributed by atoms with Crippen molar-refractivity contribution in [2.24, 2.45) is 0 Å². The predicted octanol–water partition coefficient (Wildman–Crippen LogP) is 1.85. The number of nitrogens with zero attached hydrogens (tertiary/aromatic N) is 2. The van der Waals surface area contributed by atoms with Gasteiger partial charge in [-0.2, -0.15) is 0 Å². The number of hydrogen-bond acceptors (Lipinski definition) is 5. The van der Waals surface area contributed by atoms with Gasteiger partial charge in [0.2, 0.25) is 0 Å². The highest BCUT2D eigenvalue weighted by Gasteiger charge is 2.09. The molecule has 0 bridgehead atoms. The van der Waals surface area contributed by atoms with Crippen LogP contribution in [0.2, 0.25) is 0 Å². The minimum atomic E-state index is -0.522. The molecule has 1 aromatic rings. The van der Waals surface area contributed by atoms with Gasteiger partial charge in [-0.15, -0.1) is 11.8 Å². The molecule has 0 amide bonds. The van der Waals surface area contributed by atoms with Crippen LogP contribution in [0.1, 0.15) is 13.3 Å². The molecule has 0 aliphatic carbocycles. The second-order valence-corrected chi connectivity index (χ2v) is 4.56. The van der Waals surface area contributed by atoms with Gasteiger partial charge in [0, 0.05) is 17.9 Å². The molecule has 0 fully saturated rings. The zero-order chi connectivity index (χ0) is 11.3. The maximum Gasteiger partial charge on any atom is 0.363 e. The first kappa shape index (κ1) is 11.9. The molecule has 6 heteroatoms. The summed E-state index contributed by atoms with van der Waals surface area (Å²) in [6, 6.07) is 3.05. The topological polar surface area (TPSA) is 76.3 Å². The van der Waals surface area contributed by atoms with E-state index in [1.54, 1.807) is 17.8 Å². The molecule has 0 radical (unpaired) electrons. The fraction of sp³-hybridized carbons (Fsp3) is 0.444. The summed E-state index contributed by atoms with van der Waals surface area (Å²) in [6.07, 6.45) is 2.18. The summed E-state index contributed by atoms with van der Waals surface area (Å²) in [5, 5.41) is 19.3. The number of aliphatic hydroxyl groups is 1. The molecule has 0 saturated carbocycles. The van der Waals surface area contributed by atoms with Gasteiger partial charge in [0.25, 0.3) is 0 Å². The maximum atomic E-state index is 10.3. The fourth-order valence-electron chi connectivity index (χ4n) is 1.02. The van der Waals surface area contributed by atoms with Crippen LogP contribution in [0.4, 0.5) is 5.82 Å². The number of hydrogen-bond donors (Lipinski definition) is 1. The van der Waals surface area contributed by atoms with Gasteiger partial charge >= 0.3 is 5.82 Å². The Labute approximate surface area is 91.7 Å². The lowest BCUT2D eigenvalue weighted by Gasteiger charge is -2.07. The lowest BCUT2D eigenvalue weighted by Crippen LogP contribution is -1.99. The molecule has 1 N–H and O–H groups in total. The summed E-state index contributed by atoms with van der Waals surface area (Å²) >= 11 is 1.54. The molecule has 5 nitrogen and oxygen atoms in total. The molecule has 1 heterocycles. The Morgan fingerprint density at radius 1 is 1.67 bits per heavy atom. The van der Waals surface area contributed by atoms with E-state index >= 15 is 0 Å². The maximum absolute atomic E-state index is 10.3. The Balaban J connectivity index is 2.60. The van der Waals surface area contributed by atoms with Crippen LogP contribution >= 0.6 is 11.8 Å². The third kappa shape index (κ3) is 3.85. The van der Waals surface area contributed by atoms with Gasteiger partial charge in [-0.3, -0.25) is 0 Å². The second-order valence-electron chi connectivity index (χ2n) is 3.05. The van der Waals surface area contributed by atoms with Crippen molar-refractivity contribution in [3.8, 4) is 0 Å². The van der Waals surface area contributed by atoms with Crippen molar-refractivity contribution >= 4 is 17.6 Å². The largest absolute Gasteiger partial charge is 0.396 e. The summed E-state index contributed by atoms with van der Waals surface area (Å²) in [6.45, 7) is 2.14. The summed E-state index contributed by atoms with van der Waals surface area (Å²) in [5.41, 5.74) is 0. The van der Waals surface area contributed by atoms with E-state index in [0.29, 0.717) is 6.42 Å². The van der Waals surface area contributed by atoms with Crippen LogP contribution < -0.4 is 0 Å². The number of rotatable bonds is 5. The lowest BCUT2D eigenvalue weighted by molar-refractivity contribution is -0.389. The quantitative estimate of drug-likeness (QED) is 0.473. The van der Waals surface area contributed by atoms with Crippen molar-refractivity contribution in [1.29, 1.82) is 0 Å². The van der Waals surface area contributed by atoms with E-state index in [1.807, 2.05) is 6.92 Å². The minimum absolute atomic E-state index is 0.144. The van der Waals surface area contributed by atoms with Crippen molar-refractivity contribution in [2.45, 2.75) is 23.5 Å². The lowest BCUT2D eigenvalue weighted by atomic mass is 10.3. The van der Waals surface area contributed by atoms with E-state index in [2.05, 4.69) is 4.98 Å². The van der Waals surface area contributed by atoms with Crippen LogP contribution in [0.25, 0.3) is 0 Å². The highest BCUT2D eigenvalue weighted by atomic mass is 32.2. The fourth-order valence-corrected chi connectivity index (χ4v) is 1.97. The minimum Gasteiger partial charge on any atom is -0.396 e. The Morgan fingerprint density at radius 2 is 2.40 bits per heavy atom. The zero-order valence-corrected chi connectivity index (χ0v) is 9.11. The third-order valence-corrected chi connectivity index (χ3v) is 2.93. The van der Waals surface area contributed by atoms with Crippen molar-refractivity contribution in [1.82, 2.24) is 4.98 Å². The predicted molar refractivity (Wildman–Crippen MR) is 57.9 cm³/mol. The van der Waals surface area contributed by atoms with Gasteiger partial charge in [-0.25, -0.2) is 0 Å². The number of nitro groups is 1. The van der Waals surface area contributed by atoms with Gasteiger partial charge in [-0.1, -0.05) is 6.92 Å². The molecule has 0 saturated heterocycles. The first-order chi connectivity index (χ1) is 7.13. The van der Waals surface area contributed by atoms with E-state index in [1.165, 1.54) is 12.3 Å². The Bertz CT molecular complexity index is 329. The van der Waals surface area contributed by atoms with Gasteiger partial charge in [0.05, 0.1) is 4.90 Å². The van der Waals surface area contributed by atoms with Crippen LogP contribution in [0.3, 0.4) is 0 Å². The highest BCUT2D eigenvalue weighted by Crippen LogP contribution is 2.25. The molecule has 0 aliphatic rings. The van der Waals surface area contributed by atoms with Crippen molar-refractivity contribution in [3.05, 3.63) is 28.4 Å². The average molecular weight is 228 g/mol. The Morgan fingerprint density at radius 3 is 2.87 bits per heavy atom. The van der Waals surface area contributed by atoms with Crippen molar-refractivity contribution < 1.29 is 10.0 Å². The molecule has 15 heavy (non-hydrogen) atoms. The molecule has 1 atom stereocenters. The van der Waals surface area contributed by atoms with E-state index in [4.69, 9.17) is 5.11 Å². The normalized spacial score (nSPS) is 12.4. The van der Waals surface area contributed by atoms with Gasteiger partial charge < -0.3 is 15.2 Å². The van der Waals surface area contributed by atoms with Crippen LogP contribution in [0.5, 0.6) is 0 Å². The first-order valence-corrected chi connectivity index (χ1v) is 5.39. The van der Waals surface area contributed by atoms with Crippen LogP contribution in [0.15, 0.2) is 23.2 Å². The Hall–Kier alpha value is -1.14. The molecule has 0 aliphatic heterocycles. The average Bonchev–Trinajstić information content (AvgIpc) is 2.18. The van der Waals surface area contributed by atoms with Gasteiger partial charge in [0.1, 0.15) is 0 Å². The molecule has 0 spiro atoms. The SMILES string of the molecule is CC(CCO)Sc1ccc([N+](=O)[O-])nc1. The molecule has 0 aromatic carbocycles. The number of pyridine rings is 1. The van der Waals surface area contributed by atoms with E-state index < -0.39 is 4.92 Å². The molecule has 82 valence electrons. The van der Waals surface area contributed by atoms with Crippen molar-refractivity contribution in [2.75, 3.05) is 6.61 Å². The second kappa shape index (κ2) is 5.67. The number of aliphatic hydroxyl groups excluding tert-OH is 1. The van der Waals surface area contributed by atoms with Crippen molar-refractivity contribution in [3.63, 3.8) is 0 Å². The van der Waals surface area contributed by atoms with Gasteiger partial charge in [0.15, 0.2) is 6.20 Å². The van der Waals surface area contributed by atoms with Gasteiger partial charge in [-0.05, 0) is 22.4 Å². The molecular weight excluding hydrogens is 216 g/mol. The Kier molecular flexibility index (Phi) is 4.51. The molecular formula is C9H12N2O3S. The standard InChI is InChI=1S/C9H12N2O3S/c1-7(4-5-12)15-8-2-3-9(10-6-8)11(13)14/h2-3,6-7,12H,4-5H2,1H3. The molecule has 1 rings (SSSR count). The van der Waals surface area contributed by atoms with E-state index in [0.717, 1.165) is 4.90 Å². The summed E-state index contributed by atoms with van der Waals surface area (Å²) < 4.78 is 0. The summed E-state index contributed by atoms with van der Waals surface area (Å²) in [4.78, 5) is 14.4. The van der Waals surface area contributed by atoms with Crippen LogP contribution in [-0.2, 0) is 0 Å². The number of thioether (sulfide) groups is 1. The van der Waals surface area contributed by atoms with Crippen LogP contribution in [-0.4, -0.2) is 26.9 Å². The third-order valence-electron chi connectivity index (χ3n) is 1.78. The molecule has 1 aromatic heterocycles. The summed E-state index contributed by atoms with van der Waals surface area (Å²) in [5.74, 6) is -0.144. The smallest absolute Gasteiger partial charge is 0.363 e. The van der Waals surface area contributed by atoms with Crippen LogP contribution in [0, 0.1) is 10.1 Å².